The zero-order chi connectivity index (χ0) is 11.5. The molecule has 1 aromatic rings. The Morgan fingerprint density at radius 2 is 1.73 bits per heavy atom. The molecule has 0 spiro atoms. The fourth-order valence-electron chi connectivity index (χ4n) is 1.31. The molecule has 0 amide bonds. The van der Waals surface area contributed by atoms with E-state index in [9.17, 15) is 4.79 Å². The number of carboxylic acid groups (broad SMARTS) is 1. The van der Waals surface area contributed by atoms with Gasteiger partial charge in [0.1, 0.15) is 0 Å². The van der Waals surface area contributed by atoms with Crippen molar-refractivity contribution < 1.29 is 9.90 Å². The Hall–Kier alpha value is -1.57. The molecule has 0 saturated heterocycles. The maximum Gasteiger partial charge on any atom is 0.332 e. The second-order valence-electron chi connectivity index (χ2n) is 4.52. The lowest BCUT2D eigenvalue weighted by atomic mass is 9.85. The molecule has 1 rings (SSSR count). The fraction of sp³-hybridized carbons (Fsp3) is 0.308. The molecule has 0 aliphatic heterocycles. The number of hydrogen-bond donors (Lipinski definition) is 1. The SMILES string of the molecule is CC(C)(C)C(=Cc1ccccc1)C(=O)O. The van der Waals surface area contributed by atoms with Crippen LogP contribution >= 0.6 is 0 Å². The Bertz CT molecular complexity index is 369. The van der Waals surface area contributed by atoms with E-state index in [-0.39, 0.29) is 5.41 Å². The summed E-state index contributed by atoms with van der Waals surface area (Å²) in [5.74, 6) is -0.855. The minimum absolute atomic E-state index is 0.346. The molecule has 0 unspecified atom stereocenters. The van der Waals surface area contributed by atoms with Crippen LogP contribution in [0.2, 0.25) is 0 Å². The van der Waals surface area contributed by atoms with Crippen LogP contribution in [0.1, 0.15) is 26.3 Å². The quantitative estimate of drug-likeness (QED) is 0.751. The van der Waals surface area contributed by atoms with Gasteiger partial charge in [-0.15, -0.1) is 0 Å². The van der Waals surface area contributed by atoms with Crippen molar-refractivity contribution in [2.24, 2.45) is 5.41 Å². The van der Waals surface area contributed by atoms with Gasteiger partial charge in [-0.3, -0.25) is 0 Å². The predicted molar refractivity (Wildman–Crippen MR) is 61.5 cm³/mol. The van der Waals surface area contributed by atoms with Gasteiger partial charge in [0.15, 0.2) is 0 Å². The number of carbonyl (C=O) groups is 1. The Labute approximate surface area is 90.3 Å². The first kappa shape index (κ1) is 11.5. The largest absolute Gasteiger partial charge is 0.478 e. The number of benzene rings is 1. The third-order valence-corrected chi connectivity index (χ3v) is 2.15. The second-order valence-corrected chi connectivity index (χ2v) is 4.52. The third kappa shape index (κ3) is 3.24. The summed E-state index contributed by atoms with van der Waals surface area (Å²) in [6.07, 6.45) is 1.72. The van der Waals surface area contributed by atoms with Crippen LogP contribution in [0.4, 0.5) is 0 Å². The maximum atomic E-state index is 11.1. The molecule has 0 atom stereocenters. The van der Waals surface area contributed by atoms with Crippen LogP contribution in [-0.4, -0.2) is 11.1 Å². The van der Waals surface area contributed by atoms with E-state index in [0.717, 1.165) is 5.56 Å². The molecule has 2 nitrogen and oxygen atoms in total. The zero-order valence-electron chi connectivity index (χ0n) is 9.32. The van der Waals surface area contributed by atoms with Crippen molar-refractivity contribution in [2.75, 3.05) is 0 Å². The molecular weight excluding hydrogens is 188 g/mol. The maximum absolute atomic E-state index is 11.1. The van der Waals surface area contributed by atoms with Crippen molar-refractivity contribution in [3.63, 3.8) is 0 Å². The smallest absolute Gasteiger partial charge is 0.332 e. The van der Waals surface area contributed by atoms with Crippen LogP contribution in [0.15, 0.2) is 35.9 Å². The highest BCUT2D eigenvalue weighted by molar-refractivity contribution is 5.93. The van der Waals surface area contributed by atoms with E-state index >= 15 is 0 Å². The van der Waals surface area contributed by atoms with E-state index in [1.54, 1.807) is 6.08 Å². The standard InChI is InChI=1S/C13H16O2/c1-13(2,3)11(12(14)15)9-10-7-5-4-6-8-10/h4-9H,1-3H3,(H,14,15). The Balaban J connectivity index is 3.12. The molecule has 1 N–H and O–H groups in total. The van der Waals surface area contributed by atoms with Gasteiger partial charge in [-0.05, 0) is 17.1 Å². The average molecular weight is 204 g/mol. The van der Waals surface area contributed by atoms with Crippen LogP contribution in [-0.2, 0) is 4.79 Å². The minimum Gasteiger partial charge on any atom is -0.478 e. The zero-order valence-corrected chi connectivity index (χ0v) is 9.32. The molecule has 1 aromatic carbocycles. The summed E-state index contributed by atoms with van der Waals surface area (Å²) in [5, 5.41) is 9.10. The lowest BCUT2D eigenvalue weighted by Gasteiger charge is -2.19. The monoisotopic (exact) mass is 204 g/mol. The van der Waals surface area contributed by atoms with Crippen molar-refractivity contribution in [2.45, 2.75) is 20.8 Å². The van der Waals surface area contributed by atoms with Crippen LogP contribution in [0.25, 0.3) is 6.08 Å². The minimum atomic E-state index is -0.855. The molecule has 0 radical (unpaired) electrons. The number of carboxylic acids is 1. The summed E-state index contributed by atoms with van der Waals surface area (Å²) < 4.78 is 0. The molecule has 15 heavy (non-hydrogen) atoms. The van der Waals surface area contributed by atoms with Crippen LogP contribution in [0.5, 0.6) is 0 Å². The Kier molecular flexibility index (Phi) is 3.30. The normalized spacial score (nSPS) is 12.6. The topological polar surface area (TPSA) is 37.3 Å². The van der Waals surface area contributed by atoms with Crippen molar-refractivity contribution in [1.29, 1.82) is 0 Å². The molecule has 0 aromatic heterocycles. The molecular formula is C13H16O2. The molecule has 0 aliphatic rings. The summed E-state index contributed by atoms with van der Waals surface area (Å²) in [5.41, 5.74) is 1.00. The van der Waals surface area contributed by atoms with E-state index < -0.39 is 5.97 Å². The summed E-state index contributed by atoms with van der Waals surface area (Å²) in [7, 11) is 0. The summed E-state index contributed by atoms with van der Waals surface area (Å²) in [6, 6.07) is 9.50. The summed E-state index contributed by atoms with van der Waals surface area (Å²) in [4.78, 5) is 11.1. The van der Waals surface area contributed by atoms with Gasteiger partial charge in [-0.1, -0.05) is 51.1 Å². The molecule has 2 heteroatoms. The molecule has 80 valence electrons. The van der Waals surface area contributed by atoms with Crippen molar-refractivity contribution in [3.8, 4) is 0 Å². The lowest BCUT2D eigenvalue weighted by molar-refractivity contribution is -0.133. The van der Waals surface area contributed by atoms with Gasteiger partial charge in [0.2, 0.25) is 0 Å². The van der Waals surface area contributed by atoms with Gasteiger partial charge in [-0.2, -0.15) is 0 Å². The summed E-state index contributed by atoms with van der Waals surface area (Å²) >= 11 is 0. The van der Waals surface area contributed by atoms with E-state index in [2.05, 4.69) is 0 Å². The highest BCUT2D eigenvalue weighted by atomic mass is 16.4. The van der Waals surface area contributed by atoms with E-state index in [1.807, 2.05) is 51.1 Å². The number of aliphatic carboxylic acids is 1. The fourth-order valence-corrected chi connectivity index (χ4v) is 1.31. The molecule has 0 heterocycles. The first-order chi connectivity index (χ1) is 6.91. The van der Waals surface area contributed by atoms with Crippen LogP contribution in [0, 0.1) is 5.41 Å². The van der Waals surface area contributed by atoms with Gasteiger partial charge >= 0.3 is 5.97 Å². The first-order valence-electron chi connectivity index (χ1n) is 4.92. The number of rotatable bonds is 2. The van der Waals surface area contributed by atoms with E-state index in [4.69, 9.17) is 5.11 Å². The van der Waals surface area contributed by atoms with Gasteiger partial charge in [0.25, 0.3) is 0 Å². The van der Waals surface area contributed by atoms with Crippen molar-refractivity contribution in [1.82, 2.24) is 0 Å². The first-order valence-corrected chi connectivity index (χ1v) is 4.92. The highest BCUT2D eigenvalue weighted by Crippen LogP contribution is 2.27. The average Bonchev–Trinajstić information content (AvgIpc) is 2.13. The van der Waals surface area contributed by atoms with Crippen LogP contribution in [0.3, 0.4) is 0 Å². The van der Waals surface area contributed by atoms with Crippen molar-refractivity contribution >= 4 is 12.0 Å². The Morgan fingerprint density at radius 1 is 1.20 bits per heavy atom. The molecule has 0 saturated carbocycles. The van der Waals surface area contributed by atoms with Crippen molar-refractivity contribution in [3.05, 3.63) is 41.5 Å². The molecule has 0 fully saturated rings. The lowest BCUT2D eigenvalue weighted by Crippen LogP contribution is -2.17. The Morgan fingerprint density at radius 3 is 2.13 bits per heavy atom. The van der Waals surface area contributed by atoms with Gasteiger partial charge in [0.05, 0.1) is 0 Å². The van der Waals surface area contributed by atoms with Gasteiger partial charge < -0.3 is 5.11 Å². The molecule has 0 aliphatic carbocycles. The second kappa shape index (κ2) is 4.30. The predicted octanol–water partition coefficient (Wildman–Crippen LogP) is 3.20. The third-order valence-electron chi connectivity index (χ3n) is 2.15. The molecule has 0 bridgehead atoms. The van der Waals surface area contributed by atoms with Gasteiger partial charge in [0, 0.05) is 5.57 Å². The van der Waals surface area contributed by atoms with Gasteiger partial charge in [-0.25, -0.2) is 4.79 Å². The number of hydrogen-bond acceptors (Lipinski definition) is 1. The highest BCUT2D eigenvalue weighted by Gasteiger charge is 2.22. The van der Waals surface area contributed by atoms with E-state index in [1.165, 1.54) is 0 Å². The summed E-state index contributed by atoms with van der Waals surface area (Å²) in [6.45, 7) is 5.70. The van der Waals surface area contributed by atoms with E-state index in [0.29, 0.717) is 5.57 Å². The van der Waals surface area contributed by atoms with Crippen LogP contribution < -0.4 is 0 Å².